The third-order valence-electron chi connectivity index (χ3n) is 7.44. The van der Waals surface area contributed by atoms with Gasteiger partial charge >= 0.3 is 6.18 Å². The van der Waals surface area contributed by atoms with E-state index in [0.29, 0.717) is 34.2 Å². The van der Waals surface area contributed by atoms with Crippen LogP contribution in [0.15, 0.2) is 53.6 Å². The second kappa shape index (κ2) is 8.55. The highest BCUT2D eigenvalue weighted by Crippen LogP contribution is 2.60. The first-order valence-electron chi connectivity index (χ1n) is 12.2. The van der Waals surface area contributed by atoms with Crippen molar-refractivity contribution in [2.75, 3.05) is 0 Å². The van der Waals surface area contributed by atoms with Crippen molar-refractivity contribution in [2.24, 2.45) is 5.92 Å². The number of tetrazole rings is 1. The lowest BCUT2D eigenvalue weighted by Gasteiger charge is -2.17. The van der Waals surface area contributed by atoms with Crippen LogP contribution in [0, 0.1) is 18.8 Å². The molecule has 1 aliphatic carbocycles. The molecule has 1 aliphatic heterocycles. The van der Waals surface area contributed by atoms with E-state index in [1.165, 1.54) is 40.7 Å². The van der Waals surface area contributed by atoms with E-state index in [0.717, 1.165) is 6.07 Å². The summed E-state index contributed by atoms with van der Waals surface area (Å²) in [7, 11) is 0. The van der Waals surface area contributed by atoms with E-state index in [1.54, 1.807) is 18.2 Å². The normalized spacial score (nSPS) is 19.5. The fourth-order valence-electron chi connectivity index (χ4n) is 5.53. The largest absolute Gasteiger partial charge is 0.416 e. The molecule has 14 heteroatoms. The molecule has 1 N–H and O–H groups in total. The Kier molecular flexibility index (Phi) is 5.27. The Labute approximate surface area is 227 Å². The summed E-state index contributed by atoms with van der Waals surface area (Å²) in [4.78, 5) is 25.2. The molecule has 3 unspecified atom stereocenters. The fraction of sp³-hybridized carbons (Fsp3) is 0.231. The number of fused-ring (bicyclic) bond motifs is 3. The summed E-state index contributed by atoms with van der Waals surface area (Å²) in [6.07, 6.45) is -2.48. The van der Waals surface area contributed by atoms with Gasteiger partial charge in [-0.3, -0.25) is 9.36 Å². The molecule has 3 atom stereocenters. The van der Waals surface area contributed by atoms with E-state index >= 15 is 4.39 Å². The van der Waals surface area contributed by atoms with Crippen molar-refractivity contribution in [3.8, 4) is 28.2 Å². The molecule has 3 aromatic heterocycles. The maximum absolute atomic E-state index is 15.1. The molecule has 0 radical (unpaired) electrons. The van der Waals surface area contributed by atoms with Crippen LogP contribution < -0.4 is 5.56 Å². The number of alkyl halides is 3. The molecular formula is C26H17ClF4N8O. The van der Waals surface area contributed by atoms with Crippen molar-refractivity contribution in [3.63, 3.8) is 0 Å². The van der Waals surface area contributed by atoms with Crippen LogP contribution in [0.2, 0.25) is 5.02 Å². The minimum Gasteiger partial charge on any atom is -0.317 e. The van der Waals surface area contributed by atoms with Gasteiger partial charge < -0.3 is 4.98 Å². The van der Waals surface area contributed by atoms with Gasteiger partial charge in [-0.2, -0.15) is 22.2 Å². The van der Waals surface area contributed by atoms with Crippen LogP contribution in [-0.4, -0.2) is 39.7 Å². The first-order valence-corrected chi connectivity index (χ1v) is 12.6. The Balaban J connectivity index is 1.30. The second-order valence-electron chi connectivity index (χ2n) is 9.89. The molecule has 1 saturated carbocycles. The second-order valence-corrected chi connectivity index (χ2v) is 10.3. The van der Waals surface area contributed by atoms with Gasteiger partial charge in [0.2, 0.25) is 5.95 Å². The van der Waals surface area contributed by atoms with Crippen molar-refractivity contribution in [1.29, 1.82) is 0 Å². The number of aryl methyl sites for hydroxylation is 1. The van der Waals surface area contributed by atoms with E-state index < -0.39 is 23.7 Å². The fourth-order valence-corrected chi connectivity index (χ4v) is 5.70. The molecule has 4 heterocycles. The zero-order valence-electron chi connectivity index (χ0n) is 20.5. The number of hydrogen-bond acceptors (Lipinski definition) is 6. The highest BCUT2D eigenvalue weighted by molar-refractivity contribution is 6.31. The molecule has 0 spiro atoms. The number of imidazole rings is 1. The van der Waals surface area contributed by atoms with E-state index in [9.17, 15) is 18.0 Å². The standard InChI is InChI=1S/C26H17ClF4N8O/c1-11-2-3-12(6-17(11)26(29,30)31)21-23(28)35-24(34-21)22-14-8-15(14)25-33-18(9-20(40)39(22)25)16-7-13(27)4-5-19(16)38-10-32-36-37-38/h2-7,9-10,14-15,22H,8H2,1H3,(H,34,35). The summed E-state index contributed by atoms with van der Waals surface area (Å²) in [6.45, 7) is 1.34. The summed E-state index contributed by atoms with van der Waals surface area (Å²) >= 11 is 6.25. The Morgan fingerprint density at radius 1 is 1.10 bits per heavy atom. The monoisotopic (exact) mass is 568 g/mol. The van der Waals surface area contributed by atoms with E-state index in [2.05, 4.69) is 25.5 Å². The lowest BCUT2D eigenvalue weighted by atomic mass is 10.0. The number of hydrogen-bond donors (Lipinski definition) is 1. The van der Waals surface area contributed by atoms with Crippen molar-refractivity contribution >= 4 is 11.6 Å². The minimum atomic E-state index is -4.59. The Morgan fingerprint density at radius 3 is 2.67 bits per heavy atom. The molecule has 40 heavy (non-hydrogen) atoms. The SMILES string of the molecule is Cc1ccc(-c2nc(C3C4CC4c4nc(-c5cc(Cl)ccc5-n5cnnn5)cc(=O)n43)[nH]c2F)cc1C(F)(F)F. The molecule has 7 rings (SSSR count). The summed E-state index contributed by atoms with van der Waals surface area (Å²) in [6, 6.07) is 9.33. The van der Waals surface area contributed by atoms with Gasteiger partial charge in [0.05, 0.1) is 23.0 Å². The highest BCUT2D eigenvalue weighted by atomic mass is 35.5. The van der Waals surface area contributed by atoms with Crippen LogP contribution in [0.5, 0.6) is 0 Å². The van der Waals surface area contributed by atoms with Crippen LogP contribution in [0.3, 0.4) is 0 Å². The molecule has 2 aromatic carbocycles. The van der Waals surface area contributed by atoms with Crippen molar-refractivity contribution in [1.82, 2.24) is 39.7 Å². The van der Waals surface area contributed by atoms with Gasteiger partial charge in [0.15, 0.2) is 0 Å². The van der Waals surface area contributed by atoms with Crippen LogP contribution in [-0.2, 0) is 6.18 Å². The van der Waals surface area contributed by atoms with Gasteiger partial charge in [0.25, 0.3) is 5.56 Å². The Hall–Kier alpha value is -4.39. The first-order chi connectivity index (χ1) is 19.1. The van der Waals surface area contributed by atoms with Crippen molar-refractivity contribution < 1.29 is 17.6 Å². The zero-order chi connectivity index (χ0) is 27.9. The van der Waals surface area contributed by atoms with Crippen LogP contribution in [0.1, 0.15) is 41.2 Å². The quantitative estimate of drug-likeness (QED) is 0.302. The Bertz CT molecular complexity index is 1860. The average Bonchev–Trinajstić information content (AvgIpc) is 3.21. The maximum Gasteiger partial charge on any atom is 0.416 e. The molecule has 0 bridgehead atoms. The smallest absolute Gasteiger partial charge is 0.317 e. The molecular weight excluding hydrogens is 552 g/mol. The number of aromatic nitrogens is 8. The molecule has 0 saturated heterocycles. The minimum absolute atomic E-state index is 0.0135. The Morgan fingerprint density at radius 2 is 1.93 bits per heavy atom. The van der Waals surface area contributed by atoms with Crippen LogP contribution >= 0.6 is 11.6 Å². The van der Waals surface area contributed by atoms with E-state index in [-0.39, 0.29) is 40.0 Å². The van der Waals surface area contributed by atoms with Gasteiger partial charge in [-0.25, -0.2) is 9.97 Å². The van der Waals surface area contributed by atoms with Gasteiger partial charge in [-0.05, 0) is 59.5 Å². The first kappa shape index (κ1) is 24.6. The van der Waals surface area contributed by atoms with Crippen molar-refractivity contribution in [3.05, 3.63) is 92.9 Å². The number of H-pyrrole nitrogens is 1. The third-order valence-corrected chi connectivity index (χ3v) is 7.67. The average molecular weight is 569 g/mol. The number of benzene rings is 2. The van der Waals surface area contributed by atoms with Gasteiger partial charge in [0, 0.05) is 28.1 Å². The topological polar surface area (TPSA) is 107 Å². The van der Waals surface area contributed by atoms with Crippen LogP contribution in [0.25, 0.3) is 28.2 Å². The maximum atomic E-state index is 15.1. The summed E-state index contributed by atoms with van der Waals surface area (Å²) in [5, 5.41) is 11.7. The van der Waals surface area contributed by atoms with E-state index in [1.807, 2.05) is 0 Å². The number of rotatable bonds is 4. The third kappa shape index (κ3) is 3.83. The van der Waals surface area contributed by atoms with Crippen LogP contribution in [0.4, 0.5) is 17.6 Å². The number of halogens is 5. The molecule has 5 aromatic rings. The molecule has 202 valence electrons. The highest BCUT2D eigenvalue weighted by Gasteiger charge is 2.55. The number of nitrogens with one attached hydrogen (secondary N) is 1. The summed E-state index contributed by atoms with van der Waals surface area (Å²) < 4.78 is 58.4. The summed E-state index contributed by atoms with van der Waals surface area (Å²) in [5.74, 6) is -0.313. The summed E-state index contributed by atoms with van der Waals surface area (Å²) in [5.41, 5.74) is 0.0179. The van der Waals surface area contributed by atoms with Gasteiger partial charge in [-0.15, -0.1) is 5.10 Å². The molecule has 2 aliphatic rings. The van der Waals surface area contributed by atoms with Crippen molar-refractivity contribution in [2.45, 2.75) is 31.5 Å². The van der Waals surface area contributed by atoms with Gasteiger partial charge in [-0.1, -0.05) is 23.7 Å². The molecule has 0 amide bonds. The predicted octanol–water partition coefficient (Wildman–Crippen LogP) is 5.10. The predicted molar refractivity (Wildman–Crippen MR) is 134 cm³/mol. The molecule has 9 nitrogen and oxygen atoms in total. The zero-order valence-corrected chi connectivity index (χ0v) is 21.2. The lowest BCUT2D eigenvalue weighted by molar-refractivity contribution is -0.138. The van der Waals surface area contributed by atoms with Gasteiger partial charge in [0.1, 0.15) is 23.7 Å². The lowest BCUT2D eigenvalue weighted by Crippen LogP contribution is -2.27. The molecule has 1 fully saturated rings. The number of nitrogens with zero attached hydrogens (tertiary/aromatic N) is 7. The van der Waals surface area contributed by atoms with E-state index in [4.69, 9.17) is 16.6 Å². The number of aromatic amines is 1.